The predicted octanol–water partition coefficient (Wildman–Crippen LogP) is 3.75. The first-order valence-electron chi connectivity index (χ1n) is 6.61. The van der Waals surface area contributed by atoms with Gasteiger partial charge in [0, 0.05) is 6.20 Å². The second kappa shape index (κ2) is 6.48. The van der Waals surface area contributed by atoms with Crippen molar-refractivity contribution in [3.63, 3.8) is 0 Å². The fourth-order valence-electron chi connectivity index (χ4n) is 2.00. The fraction of sp³-hybridized carbons (Fsp3) is 0.250. The van der Waals surface area contributed by atoms with Crippen molar-refractivity contribution in [3.8, 4) is 0 Å². The molecule has 0 aliphatic heterocycles. The van der Waals surface area contributed by atoms with Crippen LogP contribution in [0.4, 0.5) is 0 Å². The highest BCUT2D eigenvalue weighted by atomic mass is 32.1. The molecule has 4 heteroatoms. The molecule has 0 bridgehead atoms. The zero-order valence-corrected chi connectivity index (χ0v) is 12.4. The lowest BCUT2D eigenvalue weighted by atomic mass is 10.0. The van der Waals surface area contributed by atoms with Crippen molar-refractivity contribution in [3.05, 3.63) is 63.9 Å². The van der Waals surface area contributed by atoms with E-state index in [1.165, 1.54) is 10.3 Å². The Hall–Kier alpha value is -1.94. The number of nitrogens with zero attached hydrogens (tertiary/aromatic N) is 1. The second-order valence-corrected chi connectivity index (χ2v) is 5.05. The van der Waals surface area contributed by atoms with Crippen LogP contribution in [0.2, 0.25) is 0 Å². The van der Waals surface area contributed by atoms with Crippen LogP contribution in [-0.4, -0.2) is 10.7 Å². The summed E-state index contributed by atoms with van der Waals surface area (Å²) in [6.07, 6.45) is 3.73. The van der Waals surface area contributed by atoms with Crippen molar-refractivity contribution in [1.29, 1.82) is 0 Å². The molecule has 0 unspecified atom stereocenters. The molecule has 20 heavy (non-hydrogen) atoms. The summed E-state index contributed by atoms with van der Waals surface area (Å²) in [7, 11) is 0. The van der Waals surface area contributed by atoms with Gasteiger partial charge in [-0.2, -0.15) is 4.73 Å². The van der Waals surface area contributed by atoms with Gasteiger partial charge < -0.3 is 4.84 Å². The molecule has 0 saturated heterocycles. The average molecular weight is 287 g/mol. The van der Waals surface area contributed by atoms with Crippen LogP contribution in [0.1, 0.15) is 34.8 Å². The van der Waals surface area contributed by atoms with Crippen LogP contribution in [0.25, 0.3) is 0 Å². The van der Waals surface area contributed by atoms with E-state index in [0.29, 0.717) is 10.2 Å². The summed E-state index contributed by atoms with van der Waals surface area (Å²) in [5.74, 6) is -0.404. The molecule has 3 nitrogen and oxygen atoms in total. The van der Waals surface area contributed by atoms with E-state index < -0.39 is 5.97 Å². The van der Waals surface area contributed by atoms with Gasteiger partial charge in [-0.25, -0.2) is 4.79 Å². The lowest BCUT2D eigenvalue weighted by molar-refractivity contribution is 0.0452. The highest BCUT2D eigenvalue weighted by Gasteiger charge is 2.10. The zero-order chi connectivity index (χ0) is 14.5. The Labute approximate surface area is 123 Å². The van der Waals surface area contributed by atoms with Gasteiger partial charge >= 0.3 is 5.97 Å². The van der Waals surface area contributed by atoms with Crippen LogP contribution < -0.4 is 4.84 Å². The lowest BCUT2D eigenvalue weighted by Gasteiger charge is -2.09. The molecule has 0 saturated carbocycles. The molecule has 0 spiro atoms. The molecular formula is C16H17NO2S. The van der Waals surface area contributed by atoms with E-state index in [4.69, 9.17) is 17.1 Å². The molecule has 2 aromatic rings. The number of rotatable bonds is 4. The van der Waals surface area contributed by atoms with Gasteiger partial charge in [0.25, 0.3) is 0 Å². The minimum absolute atomic E-state index is 0.404. The van der Waals surface area contributed by atoms with Gasteiger partial charge in [0.15, 0.2) is 0 Å². The maximum atomic E-state index is 12.1. The van der Waals surface area contributed by atoms with Gasteiger partial charge in [-0.15, -0.1) is 0 Å². The summed E-state index contributed by atoms with van der Waals surface area (Å²) in [6, 6.07) is 10.9. The number of aromatic nitrogens is 1. The first-order valence-corrected chi connectivity index (χ1v) is 7.02. The summed E-state index contributed by atoms with van der Waals surface area (Å²) in [5, 5.41) is 0. The van der Waals surface area contributed by atoms with Crippen LogP contribution in [0, 0.1) is 11.6 Å². The largest absolute Gasteiger partial charge is 0.363 e. The smallest absolute Gasteiger partial charge is 0.330 e. The van der Waals surface area contributed by atoms with Crippen LogP contribution >= 0.6 is 12.2 Å². The Bertz CT molecular complexity index is 676. The number of carbonyl (C=O) groups is 1. The SMILES string of the molecule is CCCc1ccc(C(=O)On2ccccc2=S)cc1C. The second-order valence-electron chi connectivity index (χ2n) is 4.63. The number of hydrogen-bond acceptors (Lipinski definition) is 3. The monoisotopic (exact) mass is 287 g/mol. The Kier molecular flexibility index (Phi) is 4.69. The third kappa shape index (κ3) is 3.33. The number of carbonyl (C=O) groups excluding carboxylic acids is 1. The van der Waals surface area contributed by atoms with Crippen LogP contribution in [0.15, 0.2) is 42.6 Å². The summed E-state index contributed by atoms with van der Waals surface area (Å²) < 4.78 is 1.76. The number of hydrogen-bond donors (Lipinski definition) is 0. The van der Waals surface area contributed by atoms with Crippen molar-refractivity contribution >= 4 is 18.2 Å². The van der Waals surface area contributed by atoms with Crippen molar-refractivity contribution in [2.24, 2.45) is 0 Å². The van der Waals surface area contributed by atoms with E-state index in [1.54, 1.807) is 30.5 Å². The van der Waals surface area contributed by atoms with E-state index in [-0.39, 0.29) is 0 Å². The van der Waals surface area contributed by atoms with Gasteiger partial charge in [0.1, 0.15) is 4.64 Å². The summed E-state index contributed by atoms with van der Waals surface area (Å²) in [6.45, 7) is 4.15. The van der Waals surface area contributed by atoms with E-state index in [2.05, 4.69) is 6.92 Å². The fourth-order valence-corrected chi connectivity index (χ4v) is 2.18. The molecule has 1 heterocycles. The first kappa shape index (κ1) is 14.5. The molecule has 0 radical (unpaired) electrons. The van der Waals surface area contributed by atoms with Crippen LogP contribution in [0.3, 0.4) is 0 Å². The molecule has 0 amide bonds. The van der Waals surface area contributed by atoms with Crippen molar-refractivity contribution < 1.29 is 9.63 Å². The standard InChI is InChI=1S/C16H17NO2S/c1-3-6-13-8-9-14(11-12(13)2)16(18)19-17-10-5-4-7-15(17)20/h4-5,7-11H,3,6H2,1-2H3. The van der Waals surface area contributed by atoms with Gasteiger partial charge in [-0.3, -0.25) is 0 Å². The zero-order valence-electron chi connectivity index (χ0n) is 11.6. The molecule has 0 atom stereocenters. The Balaban J connectivity index is 2.20. The number of benzene rings is 1. The highest BCUT2D eigenvalue weighted by Crippen LogP contribution is 2.13. The average Bonchev–Trinajstić information content (AvgIpc) is 2.43. The Morgan fingerprint density at radius 1 is 1.30 bits per heavy atom. The lowest BCUT2D eigenvalue weighted by Crippen LogP contribution is -2.20. The summed E-state index contributed by atoms with van der Waals surface area (Å²) in [5.41, 5.74) is 2.91. The minimum atomic E-state index is -0.404. The molecular weight excluding hydrogens is 270 g/mol. The van der Waals surface area contributed by atoms with Crippen molar-refractivity contribution in [2.75, 3.05) is 0 Å². The molecule has 1 aromatic heterocycles. The maximum Gasteiger partial charge on any atom is 0.363 e. The Morgan fingerprint density at radius 3 is 2.75 bits per heavy atom. The predicted molar refractivity (Wildman–Crippen MR) is 81.4 cm³/mol. The molecule has 0 N–H and O–H groups in total. The van der Waals surface area contributed by atoms with E-state index >= 15 is 0 Å². The molecule has 2 rings (SSSR count). The third-order valence-corrected chi connectivity index (χ3v) is 3.38. The first-order chi connectivity index (χ1) is 9.61. The summed E-state index contributed by atoms with van der Waals surface area (Å²) in [4.78, 5) is 17.4. The van der Waals surface area contributed by atoms with Crippen molar-refractivity contribution in [1.82, 2.24) is 4.73 Å². The molecule has 104 valence electrons. The molecule has 1 aromatic carbocycles. The van der Waals surface area contributed by atoms with E-state index in [0.717, 1.165) is 18.4 Å². The van der Waals surface area contributed by atoms with Gasteiger partial charge in [-0.1, -0.05) is 37.7 Å². The Morgan fingerprint density at radius 2 is 2.10 bits per heavy atom. The maximum absolute atomic E-state index is 12.1. The summed E-state index contributed by atoms with van der Waals surface area (Å²) >= 11 is 5.09. The van der Waals surface area contributed by atoms with Crippen LogP contribution in [0.5, 0.6) is 0 Å². The van der Waals surface area contributed by atoms with Gasteiger partial charge in [0.2, 0.25) is 0 Å². The molecule has 0 fully saturated rings. The number of pyridine rings is 1. The van der Waals surface area contributed by atoms with Gasteiger partial charge in [-0.05, 0) is 48.7 Å². The van der Waals surface area contributed by atoms with E-state index in [1.807, 2.05) is 19.1 Å². The number of aryl methyl sites for hydroxylation is 2. The topological polar surface area (TPSA) is 31.2 Å². The minimum Gasteiger partial charge on any atom is -0.330 e. The molecule has 0 aliphatic rings. The third-order valence-electron chi connectivity index (χ3n) is 3.07. The van der Waals surface area contributed by atoms with Gasteiger partial charge in [0.05, 0.1) is 5.56 Å². The normalized spacial score (nSPS) is 10.3. The van der Waals surface area contributed by atoms with Crippen LogP contribution in [-0.2, 0) is 6.42 Å². The highest BCUT2D eigenvalue weighted by molar-refractivity contribution is 7.71. The molecule has 0 aliphatic carbocycles. The van der Waals surface area contributed by atoms with Crippen molar-refractivity contribution in [2.45, 2.75) is 26.7 Å². The quantitative estimate of drug-likeness (QED) is 0.803. The van der Waals surface area contributed by atoms with E-state index in [9.17, 15) is 4.79 Å².